The minimum atomic E-state index is 0. The molecule has 158 valence electrons. The summed E-state index contributed by atoms with van der Waals surface area (Å²) in [5.41, 5.74) is 2.56. The number of rotatable bonds is 7. The van der Waals surface area contributed by atoms with E-state index >= 15 is 0 Å². The highest BCUT2D eigenvalue weighted by atomic mass is 35.5. The number of carbonyl (C=O) groups excluding carboxylic acids is 1. The molecule has 1 unspecified atom stereocenters. The monoisotopic (exact) mass is 434 g/mol. The van der Waals surface area contributed by atoms with E-state index in [1.54, 1.807) is 11.3 Å². The van der Waals surface area contributed by atoms with Crippen molar-refractivity contribution in [3.05, 3.63) is 52.2 Å². The number of benzene rings is 1. The Morgan fingerprint density at radius 1 is 1.28 bits per heavy atom. The average molecular weight is 435 g/mol. The quantitative estimate of drug-likeness (QED) is 0.688. The minimum absolute atomic E-state index is 0. The molecule has 2 aliphatic rings. The summed E-state index contributed by atoms with van der Waals surface area (Å²) in [6, 6.07) is 10.5. The largest absolute Gasteiger partial charge is 0.491 e. The highest BCUT2D eigenvalue weighted by Crippen LogP contribution is 2.56. The van der Waals surface area contributed by atoms with Gasteiger partial charge in [0.05, 0.1) is 12.5 Å². The summed E-state index contributed by atoms with van der Waals surface area (Å²) in [6.07, 6.45) is 4.00. The van der Waals surface area contributed by atoms with Gasteiger partial charge in [0, 0.05) is 18.2 Å². The van der Waals surface area contributed by atoms with E-state index in [-0.39, 0.29) is 24.4 Å². The lowest BCUT2D eigenvalue weighted by Crippen LogP contribution is -2.39. The molecule has 1 N–H and O–H groups in total. The van der Waals surface area contributed by atoms with Gasteiger partial charge in [0.1, 0.15) is 5.75 Å². The molecule has 1 aliphatic carbocycles. The first-order chi connectivity index (χ1) is 13.6. The number of thiophene rings is 1. The molecule has 1 aliphatic heterocycles. The number of ether oxygens (including phenoxy) is 1. The van der Waals surface area contributed by atoms with Crippen molar-refractivity contribution in [1.29, 1.82) is 0 Å². The molecule has 2 heterocycles. The highest BCUT2D eigenvalue weighted by molar-refractivity contribution is 7.07. The summed E-state index contributed by atoms with van der Waals surface area (Å²) in [6.45, 7) is 6.90. The molecule has 1 aromatic heterocycles. The number of piperidine rings is 1. The molecule has 2 aromatic rings. The molecular formula is C23H31ClN2O2S. The lowest BCUT2D eigenvalue weighted by molar-refractivity contribution is -0.132. The third-order valence-corrected chi connectivity index (χ3v) is 6.78. The lowest BCUT2D eigenvalue weighted by atomic mass is 9.93. The topological polar surface area (TPSA) is 41.6 Å². The number of hydrogen-bond acceptors (Lipinski definition) is 4. The van der Waals surface area contributed by atoms with Gasteiger partial charge in [0.25, 0.3) is 0 Å². The molecule has 1 atom stereocenters. The Kier molecular flexibility index (Phi) is 7.25. The van der Waals surface area contributed by atoms with Gasteiger partial charge in [-0.25, -0.2) is 0 Å². The zero-order chi connectivity index (χ0) is 19.6. The van der Waals surface area contributed by atoms with Gasteiger partial charge in [-0.2, -0.15) is 11.3 Å². The average Bonchev–Trinajstić information content (AvgIpc) is 3.11. The van der Waals surface area contributed by atoms with Gasteiger partial charge in [-0.05, 0) is 80.1 Å². The molecule has 0 radical (unpaired) electrons. The number of halogens is 1. The highest BCUT2D eigenvalue weighted by Gasteiger charge is 2.57. The Morgan fingerprint density at radius 2 is 2.03 bits per heavy atom. The van der Waals surface area contributed by atoms with Crippen LogP contribution in [0.15, 0.2) is 41.1 Å². The van der Waals surface area contributed by atoms with E-state index < -0.39 is 0 Å². The summed E-state index contributed by atoms with van der Waals surface area (Å²) in [5.74, 6) is 1.04. The van der Waals surface area contributed by atoms with Gasteiger partial charge in [0.2, 0.25) is 5.91 Å². The molecule has 1 amide bonds. The van der Waals surface area contributed by atoms with Gasteiger partial charge >= 0.3 is 0 Å². The summed E-state index contributed by atoms with van der Waals surface area (Å²) < 4.78 is 5.94. The van der Waals surface area contributed by atoms with Crippen LogP contribution in [0.3, 0.4) is 0 Å². The van der Waals surface area contributed by atoms with Crippen LogP contribution in [0.1, 0.15) is 44.2 Å². The zero-order valence-electron chi connectivity index (χ0n) is 17.2. The van der Waals surface area contributed by atoms with Crippen molar-refractivity contribution in [1.82, 2.24) is 10.2 Å². The van der Waals surface area contributed by atoms with Crippen molar-refractivity contribution in [3.63, 3.8) is 0 Å². The van der Waals surface area contributed by atoms with E-state index in [0.29, 0.717) is 17.9 Å². The maximum absolute atomic E-state index is 13.4. The fourth-order valence-electron chi connectivity index (χ4n) is 4.46. The Bertz CT molecular complexity index is 803. The minimum Gasteiger partial charge on any atom is -0.491 e. The number of nitrogens with zero attached hydrogens (tertiary/aromatic N) is 1. The molecule has 6 heteroatoms. The number of para-hydroxylation sites is 1. The first-order valence-corrected chi connectivity index (χ1v) is 11.3. The summed E-state index contributed by atoms with van der Waals surface area (Å²) in [5, 5.41) is 7.72. The van der Waals surface area contributed by atoms with E-state index in [1.165, 1.54) is 18.4 Å². The molecule has 4 rings (SSSR count). The van der Waals surface area contributed by atoms with Crippen molar-refractivity contribution in [2.75, 3.05) is 13.1 Å². The van der Waals surface area contributed by atoms with E-state index in [4.69, 9.17) is 4.74 Å². The molecule has 1 saturated heterocycles. The van der Waals surface area contributed by atoms with Crippen molar-refractivity contribution in [2.24, 2.45) is 5.41 Å². The Balaban J connectivity index is 0.00000240. The molecule has 4 nitrogen and oxygen atoms in total. The Labute approximate surface area is 184 Å². The molecule has 2 fully saturated rings. The van der Waals surface area contributed by atoms with Gasteiger partial charge in [0.15, 0.2) is 0 Å². The number of hydrogen-bond donors (Lipinski definition) is 1. The maximum atomic E-state index is 13.4. The number of nitrogens with one attached hydrogen (secondary N) is 1. The molecule has 1 aromatic carbocycles. The standard InChI is InChI=1S/C23H30N2O2S.ClH/c1-17(2)27-20-6-4-3-5-19(20)13-22(26)25(15-18-7-12-28-16-18)21-14-23(21)8-10-24-11-9-23;/h3-7,12,16-17,21,24H,8-11,13-15H2,1-2H3;1H. The first kappa shape index (κ1) is 22.1. The second-order valence-corrected chi connectivity index (χ2v) is 9.22. The first-order valence-electron chi connectivity index (χ1n) is 10.3. The van der Waals surface area contributed by atoms with Crippen LogP contribution in [0.4, 0.5) is 0 Å². The molecule has 29 heavy (non-hydrogen) atoms. The van der Waals surface area contributed by atoms with Crippen molar-refractivity contribution < 1.29 is 9.53 Å². The number of carbonyl (C=O) groups is 1. The molecular weight excluding hydrogens is 404 g/mol. The Morgan fingerprint density at radius 3 is 2.72 bits per heavy atom. The van der Waals surface area contributed by atoms with Crippen molar-refractivity contribution in [2.45, 2.75) is 58.2 Å². The molecule has 1 saturated carbocycles. The predicted octanol–water partition coefficient (Wildman–Crippen LogP) is 4.67. The van der Waals surface area contributed by atoms with Crippen LogP contribution in [-0.4, -0.2) is 36.0 Å². The van der Waals surface area contributed by atoms with Crippen LogP contribution < -0.4 is 10.1 Å². The fourth-order valence-corrected chi connectivity index (χ4v) is 5.12. The smallest absolute Gasteiger partial charge is 0.227 e. The SMILES string of the molecule is CC(C)Oc1ccccc1CC(=O)N(Cc1ccsc1)C1CC12CCNCC2.Cl. The zero-order valence-corrected chi connectivity index (χ0v) is 18.9. The van der Waals surface area contributed by atoms with Crippen molar-refractivity contribution in [3.8, 4) is 5.75 Å². The third-order valence-electron chi connectivity index (χ3n) is 6.05. The van der Waals surface area contributed by atoms with Crippen LogP contribution in [0.25, 0.3) is 0 Å². The predicted molar refractivity (Wildman–Crippen MR) is 121 cm³/mol. The van der Waals surface area contributed by atoms with Crippen molar-refractivity contribution >= 4 is 29.7 Å². The normalized spacial score (nSPS) is 19.6. The Hall–Kier alpha value is -1.56. The summed E-state index contributed by atoms with van der Waals surface area (Å²) in [4.78, 5) is 15.6. The van der Waals surface area contributed by atoms with Gasteiger partial charge < -0.3 is 15.0 Å². The van der Waals surface area contributed by atoms with Gasteiger partial charge in [-0.1, -0.05) is 18.2 Å². The van der Waals surface area contributed by atoms with E-state index in [0.717, 1.165) is 37.4 Å². The van der Waals surface area contributed by atoms with Gasteiger partial charge in [-0.15, -0.1) is 12.4 Å². The maximum Gasteiger partial charge on any atom is 0.227 e. The lowest BCUT2D eigenvalue weighted by Gasteiger charge is -2.30. The van der Waals surface area contributed by atoms with Crippen LogP contribution >= 0.6 is 23.7 Å². The van der Waals surface area contributed by atoms with E-state index in [1.807, 2.05) is 38.1 Å². The van der Waals surface area contributed by atoms with Crippen LogP contribution in [-0.2, 0) is 17.8 Å². The van der Waals surface area contributed by atoms with Crippen LogP contribution in [0.2, 0.25) is 0 Å². The summed E-state index contributed by atoms with van der Waals surface area (Å²) >= 11 is 1.70. The second kappa shape index (κ2) is 9.50. The molecule has 1 spiro atoms. The second-order valence-electron chi connectivity index (χ2n) is 8.44. The van der Waals surface area contributed by atoms with E-state index in [9.17, 15) is 4.79 Å². The van der Waals surface area contributed by atoms with Crippen LogP contribution in [0, 0.1) is 5.41 Å². The fraction of sp³-hybridized carbons (Fsp3) is 0.522. The van der Waals surface area contributed by atoms with E-state index in [2.05, 4.69) is 27.0 Å². The summed E-state index contributed by atoms with van der Waals surface area (Å²) in [7, 11) is 0. The number of amides is 1. The van der Waals surface area contributed by atoms with Crippen LogP contribution in [0.5, 0.6) is 5.75 Å². The van der Waals surface area contributed by atoms with Gasteiger partial charge in [-0.3, -0.25) is 4.79 Å². The molecule has 0 bridgehead atoms. The third kappa shape index (κ3) is 5.14.